The largest absolute Gasteiger partial charge is 0.513 e. The molecule has 1 N–H and O–H groups in total. The van der Waals surface area contributed by atoms with E-state index in [0.29, 0.717) is 43.0 Å². The molecule has 1 aromatic rings. The maximum absolute atomic E-state index is 13.1. The number of rotatable bonds is 8. The van der Waals surface area contributed by atoms with Crippen molar-refractivity contribution in [1.29, 1.82) is 0 Å². The average molecular weight is 522 g/mol. The van der Waals surface area contributed by atoms with E-state index in [1.807, 2.05) is 6.07 Å². The molecule has 1 amide bonds. The van der Waals surface area contributed by atoms with Crippen LogP contribution >= 0.6 is 11.6 Å². The fourth-order valence-corrected chi connectivity index (χ4v) is 6.65. The zero-order chi connectivity index (χ0) is 25.5. The summed E-state index contributed by atoms with van der Waals surface area (Å²) < 4.78 is 22.3. The summed E-state index contributed by atoms with van der Waals surface area (Å²) in [4.78, 5) is 40.0. The van der Waals surface area contributed by atoms with Crippen molar-refractivity contribution < 1.29 is 38.4 Å². The van der Waals surface area contributed by atoms with Crippen molar-refractivity contribution in [2.75, 3.05) is 25.6 Å². The quantitative estimate of drug-likeness (QED) is 0.237. The van der Waals surface area contributed by atoms with Crippen LogP contribution in [-0.4, -0.2) is 71.4 Å². The minimum absolute atomic E-state index is 0.103. The van der Waals surface area contributed by atoms with Gasteiger partial charge in [0.2, 0.25) is 0 Å². The number of aliphatic hydroxyl groups is 1. The van der Waals surface area contributed by atoms with E-state index >= 15 is 0 Å². The number of halogens is 1. The molecule has 1 saturated heterocycles. The van der Waals surface area contributed by atoms with Crippen LogP contribution in [0.1, 0.15) is 63.0 Å². The van der Waals surface area contributed by atoms with Crippen molar-refractivity contribution in [2.45, 2.75) is 81.5 Å². The standard InChI is InChI=1S/C26H32ClNO8/c1-2-3-4-13-34-24(31)35-18-7-6-16-15-19-26(32)9-8-17(29)22-25(26,20(16)21(18)36-22)10-12-28(19)23(30)33-14-5-11-27/h6-7,19,22,32H,2-5,8-15H2,1H3/t19-,22+,25?,26?/m1/s1. The number of carbonyl (C=O) groups is 3. The SMILES string of the molecule is CCCCCOC(=O)Oc1ccc2c3c1O[C@H]1C(=O)CCC4(O)[C@@H](C2)N(C(=O)OCCCCl)CCC314. The first-order chi connectivity index (χ1) is 17.4. The van der Waals surface area contributed by atoms with Crippen molar-refractivity contribution in [1.82, 2.24) is 4.90 Å². The molecule has 36 heavy (non-hydrogen) atoms. The topological polar surface area (TPSA) is 112 Å². The van der Waals surface area contributed by atoms with Crippen LogP contribution in [0.3, 0.4) is 0 Å². The fourth-order valence-electron chi connectivity index (χ4n) is 6.54. The second-order valence-electron chi connectivity index (χ2n) is 10.0. The molecule has 4 atom stereocenters. The van der Waals surface area contributed by atoms with E-state index in [2.05, 4.69) is 6.92 Å². The highest BCUT2D eigenvalue weighted by atomic mass is 35.5. The molecule has 9 nitrogen and oxygen atoms in total. The third-order valence-electron chi connectivity index (χ3n) is 8.14. The number of hydrogen-bond donors (Lipinski definition) is 1. The first-order valence-corrected chi connectivity index (χ1v) is 13.3. The van der Waals surface area contributed by atoms with Gasteiger partial charge in [0.25, 0.3) is 0 Å². The molecule has 1 saturated carbocycles. The number of likely N-dealkylation sites (tertiary alicyclic amines) is 1. The summed E-state index contributed by atoms with van der Waals surface area (Å²) in [5.41, 5.74) is -0.829. The molecule has 2 unspecified atom stereocenters. The van der Waals surface area contributed by atoms with Crippen molar-refractivity contribution in [3.63, 3.8) is 0 Å². The highest BCUT2D eigenvalue weighted by Crippen LogP contribution is 2.64. The smallest absolute Gasteiger partial charge is 0.477 e. The lowest BCUT2D eigenvalue weighted by atomic mass is 9.49. The number of benzene rings is 1. The molecule has 5 rings (SSSR count). The summed E-state index contributed by atoms with van der Waals surface area (Å²) in [6.45, 7) is 2.83. The van der Waals surface area contributed by atoms with Gasteiger partial charge in [0, 0.05) is 24.4 Å². The maximum Gasteiger partial charge on any atom is 0.513 e. The normalized spacial score (nSPS) is 29.3. The number of alkyl halides is 1. The molecule has 2 aliphatic heterocycles. The minimum atomic E-state index is -1.38. The molecule has 4 aliphatic rings. The molecule has 1 aromatic carbocycles. The molecule has 1 spiro atoms. The van der Waals surface area contributed by atoms with Crippen molar-refractivity contribution in [2.24, 2.45) is 0 Å². The van der Waals surface area contributed by atoms with E-state index < -0.39 is 35.4 Å². The highest BCUT2D eigenvalue weighted by Gasteiger charge is 2.73. The van der Waals surface area contributed by atoms with Gasteiger partial charge in [0.1, 0.15) is 0 Å². The third kappa shape index (κ3) is 3.74. The van der Waals surface area contributed by atoms with E-state index in [1.54, 1.807) is 11.0 Å². The lowest BCUT2D eigenvalue weighted by Crippen LogP contribution is -2.77. The van der Waals surface area contributed by atoms with Crippen LogP contribution in [0.2, 0.25) is 0 Å². The van der Waals surface area contributed by atoms with Gasteiger partial charge < -0.3 is 29.0 Å². The highest BCUT2D eigenvalue weighted by molar-refractivity contribution is 6.17. The Morgan fingerprint density at radius 3 is 2.78 bits per heavy atom. The van der Waals surface area contributed by atoms with Gasteiger partial charge in [0.15, 0.2) is 23.4 Å². The van der Waals surface area contributed by atoms with Gasteiger partial charge in [-0.2, -0.15) is 0 Å². The molecule has 2 heterocycles. The maximum atomic E-state index is 13.1. The van der Waals surface area contributed by atoms with Crippen LogP contribution < -0.4 is 9.47 Å². The number of ether oxygens (including phenoxy) is 4. The average Bonchev–Trinajstić information content (AvgIpc) is 3.21. The first-order valence-electron chi connectivity index (χ1n) is 12.8. The van der Waals surface area contributed by atoms with Gasteiger partial charge in [-0.25, -0.2) is 9.59 Å². The Bertz CT molecular complexity index is 1060. The lowest BCUT2D eigenvalue weighted by molar-refractivity contribution is -0.183. The van der Waals surface area contributed by atoms with Gasteiger partial charge in [0.05, 0.1) is 30.3 Å². The zero-order valence-electron chi connectivity index (χ0n) is 20.4. The minimum Gasteiger partial charge on any atom is -0.477 e. The molecule has 196 valence electrons. The number of unbranched alkanes of at least 4 members (excludes halogenated alkanes) is 2. The van der Waals surface area contributed by atoms with Crippen LogP contribution in [0.15, 0.2) is 12.1 Å². The van der Waals surface area contributed by atoms with Crippen LogP contribution in [-0.2, 0) is 26.1 Å². The molecule has 0 radical (unpaired) electrons. The Labute approximate surface area is 215 Å². The summed E-state index contributed by atoms with van der Waals surface area (Å²) in [5, 5.41) is 12.2. The molecular weight excluding hydrogens is 490 g/mol. The van der Waals surface area contributed by atoms with Gasteiger partial charge >= 0.3 is 12.2 Å². The molecule has 0 aromatic heterocycles. The van der Waals surface area contributed by atoms with Gasteiger partial charge in [-0.05, 0) is 43.7 Å². The number of amides is 1. The predicted molar refractivity (Wildman–Crippen MR) is 129 cm³/mol. The van der Waals surface area contributed by atoms with Crippen molar-refractivity contribution >= 4 is 29.6 Å². The van der Waals surface area contributed by atoms with Crippen LogP contribution in [0.4, 0.5) is 9.59 Å². The summed E-state index contributed by atoms with van der Waals surface area (Å²) in [5.74, 6) is 0.772. The third-order valence-corrected chi connectivity index (χ3v) is 8.41. The van der Waals surface area contributed by atoms with E-state index in [0.717, 1.165) is 24.8 Å². The number of hydrogen-bond acceptors (Lipinski definition) is 8. The van der Waals surface area contributed by atoms with Crippen molar-refractivity contribution in [3.05, 3.63) is 23.3 Å². The fraction of sp³-hybridized carbons (Fsp3) is 0.654. The number of ketones is 1. The Kier molecular flexibility index (Phi) is 6.80. The number of Topliss-reactive ketones (excluding diaryl/α,β-unsaturated/α-hetero) is 1. The summed E-state index contributed by atoms with van der Waals surface area (Å²) in [7, 11) is 0. The van der Waals surface area contributed by atoms with Crippen molar-refractivity contribution in [3.8, 4) is 11.5 Å². The molecule has 2 fully saturated rings. The van der Waals surface area contributed by atoms with E-state index in [-0.39, 0.29) is 37.6 Å². The van der Waals surface area contributed by atoms with Crippen LogP contribution in [0.25, 0.3) is 0 Å². The Morgan fingerprint density at radius 1 is 1.19 bits per heavy atom. The summed E-state index contributed by atoms with van der Waals surface area (Å²) in [6, 6.07) is 2.88. The first kappa shape index (κ1) is 25.1. The number of carbonyl (C=O) groups excluding carboxylic acids is 3. The Balaban J connectivity index is 1.47. The van der Waals surface area contributed by atoms with Gasteiger partial charge in [-0.3, -0.25) is 4.79 Å². The zero-order valence-corrected chi connectivity index (χ0v) is 21.2. The Morgan fingerprint density at radius 2 is 2.00 bits per heavy atom. The Hall–Kier alpha value is -2.52. The van der Waals surface area contributed by atoms with E-state index in [4.69, 9.17) is 30.5 Å². The van der Waals surface area contributed by atoms with Gasteiger partial charge in [-0.1, -0.05) is 25.8 Å². The number of piperidine rings is 1. The van der Waals surface area contributed by atoms with E-state index in [9.17, 15) is 19.5 Å². The second kappa shape index (κ2) is 9.74. The molecule has 10 heteroatoms. The number of nitrogens with zero attached hydrogens (tertiary/aromatic N) is 1. The van der Waals surface area contributed by atoms with E-state index in [1.165, 1.54) is 0 Å². The monoisotopic (exact) mass is 521 g/mol. The van der Waals surface area contributed by atoms with Crippen LogP contribution in [0, 0.1) is 0 Å². The summed E-state index contributed by atoms with van der Waals surface area (Å²) >= 11 is 5.71. The lowest BCUT2D eigenvalue weighted by Gasteiger charge is -2.61. The summed E-state index contributed by atoms with van der Waals surface area (Å²) in [6.07, 6.45) is 2.06. The van der Waals surface area contributed by atoms with Crippen LogP contribution in [0.5, 0.6) is 11.5 Å². The second-order valence-corrected chi connectivity index (χ2v) is 10.4. The molecule has 2 bridgehead atoms. The predicted octanol–water partition coefficient (Wildman–Crippen LogP) is 3.88. The molecular formula is C26H32ClNO8. The molecule has 2 aliphatic carbocycles. The van der Waals surface area contributed by atoms with Gasteiger partial charge in [-0.15, -0.1) is 11.6 Å².